The number of nitrogens with two attached hydrogens (primary N) is 1. The summed E-state index contributed by atoms with van der Waals surface area (Å²) in [6, 6.07) is 13.7. The van der Waals surface area contributed by atoms with Crippen LogP contribution in [0.15, 0.2) is 52.8 Å². The third-order valence-corrected chi connectivity index (χ3v) is 5.41. The van der Waals surface area contributed by atoms with Crippen LogP contribution in [0.2, 0.25) is 0 Å². The van der Waals surface area contributed by atoms with Crippen LogP contribution in [0.4, 0.5) is 0 Å². The Labute approximate surface area is 180 Å². The predicted molar refractivity (Wildman–Crippen MR) is 121 cm³/mol. The molecule has 0 atom stereocenters. The highest BCUT2D eigenvalue weighted by atomic mass is 32.1. The molecule has 0 fully saturated rings. The van der Waals surface area contributed by atoms with Crippen LogP contribution in [0.5, 0.6) is 17.2 Å². The zero-order valence-corrected chi connectivity index (χ0v) is 18.2. The molecule has 0 aliphatic rings. The van der Waals surface area contributed by atoms with Gasteiger partial charge in [-0.15, -0.1) is 11.3 Å². The molecule has 8 heteroatoms. The molecule has 0 saturated heterocycles. The highest BCUT2D eigenvalue weighted by Gasteiger charge is 2.06. The first-order chi connectivity index (χ1) is 14.6. The van der Waals surface area contributed by atoms with E-state index in [9.17, 15) is 0 Å². The Morgan fingerprint density at radius 3 is 2.50 bits per heavy atom. The van der Waals surface area contributed by atoms with Crippen LogP contribution in [-0.2, 0) is 13.0 Å². The first-order valence-corrected chi connectivity index (χ1v) is 10.3. The van der Waals surface area contributed by atoms with Crippen molar-refractivity contribution in [3.05, 3.63) is 59.1 Å². The molecule has 1 heterocycles. The number of aliphatic imine (C=N–C) groups is 1. The van der Waals surface area contributed by atoms with E-state index in [-0.39, 0.29) is 0 Å². The molecule has 158 valence electrons. The van der Waals surface area contributed by atoms with Crippen LogP contribution in [0.3, 0.4) is 0 Å². The van der Waals surface area contributed by atoms with E-state index in [2.05, 4.69) is 15.3 Å². The highest BCUT2D eigenvalue weighted by Crippen LogP contribution is 2.28. The van der Waals surface area contributed by atoms with E-state index in [0.717, 1.165) is 34.0 Å². The third kappa shape index (κ3) is 5.64. The van der Waals surface area contributed by atoms with Gasteiger partial charge in [0.2, 0.25) is 0 Å². The maximum Gasteiger partial charge on any atom is 0.188 e. The van der Waals surface area contributed by atoms with E-state index in [0.29, 0.717) is 30.5 Å². The number of aromatic nitrogens is 1. The number of guanidine groups is 1. The summed E-state index contributed by atoms with van der Waals surface area (Å²) in [5.41, 5.74) is 9.05. The molecule has 0 aliphatic carbocycles. The Balaban J connectivity index is 1.50. The lowest BCUT2D eigenvalue weighted by Gasteiger charge is -2.10. The van der Waals surface area contributed by atoms with Crippen molar-refractivity contribution >= 4 is 17.3 Å². The molecule has 1 aromatic heterocycles. The smallest absolute Gasteiger partial charge is 0.188 e. The topological polar surface area (TPSA) is 91.0 Å². The largest absolute Gasteiger partial charge is 0.497 e. The molecule has 0 amide bonds. The lowest BCUT2D eigenvalue weighted by atomic mass is 10.1. The van der Waals surface area contributed by atoms with E-state index in [1.807, 2.05) is 47.8 Å². The van der Waals surface area contributed by atoms with Gasteiger partial charge in [0.15, 0.2) is 17.5 Å². The summed E-state index contributed by atoms with van der Waals surface area (Å²) in [5, 5.41) is 6.08. The predicted octanol–water partition coefficient (Wildman–Crippen LogP) is 3.48. The minimum atomic E-state index is 0.398. The van der Waals surface area contributed by atoms with Gasteiger partial charge in [0.25, 0.3) is 0 Å². The van der Waals surface area contributed by atoms with Gasteiger partial charge in [-0.3, -0.25) is 0 Å². The number of benzene rings is 2. The minimum Gasteiger partial charge on any atom is -0.497 e. The van der Waals surface area contributed by atoms with Gasteiger partial charge in [-0.05, 0) is 48.4 Å². The van der Waals surface area contributed by atoms with Crippen molar-refractivity contribution in [3.63, 3.8) is 0 Å². The number of nitrogens with one attached hydrogen (secondary N) is 1. The lowest BCUT2D eigenvalue weighted by molar-refractivity contribution is 0.354. The first kappa shape index (κ1) is 21.4. The Bertz CT molecular complexity index is 986. The van der Waals surface area contributed by atoms with Gasteiger partial charge >= 0.3 is 0 Å². The molecule has 0 spiro atoms. The number of hydrogen-bond donors (Lipinski definition) is 2. The van der Waals surface area contributed by atoms with Crippen molar-refractivity contribution in [2.45, 2.75) is 13.0 Å². The molecule has 0 radical (unpaired) electrons. The zero-order valence-electron chi connectivity index (χ0n) is 17.3. The molecule has 0 saturated carbocycles. The number of methoxy groups -OCH3 is 3. The molecule has 3 rings (SSSR count). The Hall–Kier alpha value is -3.26. The second kappa shape index (κ2) is 10.5. The van der Waals surface area contributed by atoms with Gasteiger partial charge in [-0.2, -0.15) is 0 Å². The van der Waals surface area contributed by atoms with Gasteiger partial charge in [0, 0.05) is 17.5 Å². The Kier molecular flexibility index (Phi) is 7.51. The summed E-state index contributed by atoms with van der Waals surface area (Å²) in [7, 11) is 4.91. The maximum absolute atomic E-state index is 5.99. The van der Waals surface area contributed by atoms with E-state index in [4.69, 9.17) is 19.9 Å². The van der Waals surface area contributed by atoms with Crippen LogP contribution in [0, 0.1) is 0 Å². The highest BCUT2D eigenvalue weighted by molar-refractivity contribution is 7.13. The number of ether oxygens (including phenoxy) is 3. The van der Waals surface area contributed by atoms with Gasteiger partial charge in [0.1, 0.15) is 10.8 Å². The summed E-state index contributed by atoms with van der Waals surface area (Å²) in [6.07, 6.45) is 0.787. The van der Waals surface area contributed by atoms with E-state index < -0.39 is 0 Å². The molecule has 7 nitrogen and oxygen atoms in total. The SMILES string of the molecule is COc1ccc(-c2nc(CN=C(N)NCCc3ccc(OC)c(OC)c3)cs2)cc1. The number of hydrogen-bond acceptors (Lipinski definition) is 6. The Morgan fingerprint density at radius 2 is 1.80 bits per heavy atom. The third-order valence-electron chi connectivity index (χ3n) is 4.47. The van der Waals surface area contributed by atoms with E-state index in [1.54, 1.807) is 32.7 Å². The van der Waals surface area contributed by atoms with Crippen molar-refractivity contribution < 1.29 is 14.2 Å². The standard InChI is InChI=1S/C22H26N4O3S/c1-27-18-7-5-16(6-8-18)21-26-17(14-30-21)13-25-22(23)24-11-10-15-4-9-19(28-2)20(12-15)29-3/h4-9,12,14H,10-11,13H2,1-3H3,(H3,23,24,25). The zero-order chi connectivity index (χ0) is 21.3. The average Bonchev–Trinajstić information content (AvgIpc) is 3.26. The second-order valence-electron chi connectivity index (χ2n) is 6.44. The minimum absolute atomic E-state index is 0.398. The molecular formula is C22H26N4O3S. The average molecular weight is 427 g/mol. The first-order valence-electron chi connectivity index (χ1n) is 9.46. The van der Waals surface area contributed by atoms with Crippen molar-refractivity contribution in [3.8, 4) is 27.8 Å². The molecule has 2 aromatic carbocycles. The van der Waals surface area contributed by atoms with Gasteiger partial charge < -0.3 is 25.3 Å². The fourth-order valence-electron chi connectivity index (χ4n) is 2.84. The number of thiazole rings is 1. The monoisotopic (exact) mass is 426 g/mol. The van der Waals surface area contributed by atoms with E-state index in [1.165, 1.54) is 0 Å². The molecule has 0 unspecified atom stereocenters. The van der Waals surface area contributed by atoms with Crippen molar-refractivity contribution in [1.82, 2.24) is 10.3 Å². The summed E-state index contributed by atoms with van der Waals surface area (Å²) in [5.74, 6) is 2.65. The molecule has 30 heavy (non-hydrogen) atoms. The van der Waals surface area contributed by atoms with Crippen LogP contribution in [-0.4, -0.2) is 38.8 Å². The van der Waals surface area contributed by atoms with Crippen molar-refractivity contribution in [1.29, 1.82) is 0 Å². The molecule has 3 aromatic rings. The summed E-state index contributed by atoms with van der Waals surface area (Å²) < 4.78 is 15.8. The second-order valence-corrected chi connectivity index (χ2v) is 7.30. The van der Waals surface area contributed by atoms with Gasteiger partial charge in [-0.1, -0.05) is 6.07 Å². The fourth-order valence-corrected chi connectivity index (χ4v) is 3.66. The van der Waals surface area contributed by atoms with Crippen LogP contribution in [0.25, 0.3) is 10.6 Å². The quantitative estimate of drug-likeness (QED) is 0.402. The fraction of sp³-hybridized carbons (Fsp3) is 0.273. The molecule has 0 bridgehead atoms. The molecule has 3 N–H and O–H groups in total. The van der Waals surface area contributed by atoms with Crippen LogP contribution in [0.1, 0.15) is 11.3 Å². The van der Waals surface area contributed by atoms with E-state index >= 15 is 0 Å². The lowest BCUT2D eigenvalue weighted by Crippen LogP contribution is -2.33. The van der Waals surface area contributed by atoms with Gasteiger partial charge in [-0.25, -0.2) is 9.98 Å². The molecular weight excluding hydrogens is 400 g/mol. The normalized spacial score (nSPS) is 11.2. The Morgan fingerprint density at radius 1 is 1.03 bits per heavy atom. The van der Waals surface area contributed by atoms with Crippen LogP contribution < -0.4 is 25.3 Å². The van der Waals surface area contributed by atoms with Gasteiger partial charge in [0.05, 0.1) is 33.6 Å². The summed E-state index contributed by atoms with van der Waals surface area (Å²) >= 11 is 1.58. The van der Waals surface area contributed by atoms with Crippen LogP contribution >= 0.6 is 11.3 Å². The number of rotatable bonds is 9. The van der Waals surface area contributed by atoms with Crippen molar-refractivity contribution in [2.75, 3.05) is 27.9 Å². The number of nitrogens with zero attached hydrogens (tertiary/aromatic N) is 2. The molecule has 0 aliphatic heterocycles. The summed E-state index contributed by atoms with van der Waals surface area (Å²) in [4.78, 5) is 9.02. The summed E-state index contributed by atoms with van der Waals surface area (Å²) in [6.45, 7) is 1.10. The van der Waals surface area contributed by atoms with Crippen molar-refractivity contribution in [2.24, 2.45) is 10.7 Å². The maximum atomic E-state index is 5.99.